The number of nitro groups is 1. The van der Waals surface area contributed by atoms with E-state index in [2.05, 4.69) is 10.5 Å². The van der Waals surface area contributed by atoms with Crippen LogP contribution in [0.2, 0.25) is 0 Å². The first-order valence-electron chi connectivity index (χ1n) is 6.95. The van der Waals surface area contributed by atoms with Gasteiger partial charge in [-0.15, -0.1) is 0 Å². The van der Waals surface area contributed by atoms with Gasteiger partial charge in [0.2, 0.25) is 0 Å². The number of nitrogens with one attached hydrogen (secondary N) is 1. The zero-order valence-electron chi connectivity index (χ0n) is 12.2. The topological polar surface area (TPSA) is 76.8 Å². The molecular weight excluding hydrogens is 282 g/mol. The van der Waals surface area contributed by atoms with Crippen LogP contribution >= 0.6 is 0 Å². The van der Waals surface area contributed by atoms with Crippen molar-refractivity contribution in [2.75, 3.05) is 12.0 Å². The van der Waals surface area contributed by atoms with E-state index in [4.69, 9.17) is 4.74 Å². The molecule has 2 aromatic rings. The van der Waals surface area contributed by atoms with Gasteiger partial charge < -0.3 is 4.74 Å². The van der Waals surface area contributed by atoms with Crippen molar-refractivity contribution in [3.05, 3.63) is 64.2 Å². The molecule has 0 radical (unpaired) electrons. The third-order valence-electron chi connectivity index (χ3n) is 2.80. The first kappa shape index (κ1) is 15.5. The van der Waals surface area contributed by atoms with E-state index >= 15 is 0 Å². The molecule has 0 fully saturated rings. The largest absolute Gasteiger partial charge is 0.494 e. The van der Waals surface area contributed by atoms with E-state index in [1.807, 2.05) is 31.2 Å². The van der Waals surface area contributed by atoms with E-state index in [1.165, 1.54) is 12.1 Å². The van der Waals surface area contributed by atoms with Crippen molar-refractivity contribution >= 4 is 17.6 Å². The highest BCUT2D eigenvalue weighted by molar-refractivity contribution is 5.80. The van der Waals surface area contributed by atoms with Crippen LogP contribution in [0.4, 0.5) is 11.4 Å². The van der Waals surface area contributed by atoms with Crippen LogP contribution in [0.3, 0.4) is 0 Å². The van der Waals surface area contributed by atoms with Gasteiger partial charge in [0.15, 0.2) is 0 Å². The fourth-order valence-electron chi connectivity index (χ4n) is 1.77. The molecule has 0 aliphatic rings. The molecule has 2 rings (SSSR count). The highest BCUT2D eigenvalue weighted by Crippen LogP contribution is 2.17. The standard InChI is InChI=1S/C16H17N3O3/c1-2-9-22-16-8-3-5-13(10-16)12-17-18-14-6-4-7-15(11-14)19(20)21/h3-8,10-12,18H,2,9H2,1H3. The van der Waals surface area contributed by atoms with E-state index in [-0.39, 0.29) is 5.69 Å². The molecule has 0 bridgehead atoms. The van der Waals surface area contributed by atoms with Gasteiger partial charge in [0.05, 0.1) is 23.4 Å². The minimum atomic E-state index is -0.441. The molecule has 114 valence electrons. The van der Waals surface area contributed by atoms with Gasteiger partial charge in [-0.25, -0.2) is 0 Å². The predicted octanol–water partition coefficient (Wildman–Crippen LogP) is 3.83. The summed E-state index contributed by atoms with van der Waals surface area (Å²) < 4.78 is 5.55. The fraction of sp³-hybridized carbons (Fsp3) is 0.188. The number of nitro benzene ring substituents is 1. The molecule has 0 aliphatic carbocycles. The minimum Gasteiger partial charge on any atom is -0.494 e. The summed E-state index contributed by atoms with van der Waals surface area (Å²) in [7, 11) is 0. The first-order valence-corrected chi connectivity index (χ1v) is 6.95. The average Bonchev–Trinajstić information content (AvgIpc) is 2.53. The highest BCUT2D eigenvalue weighted by Gasteiger charge is 2.04. The SMILES string of the molecule is CCCOc1cccc(C=NNc2cccc([N+](=O)[O-])c2)c1. The van der Waals surface area contributed by atoms with Crippen LogP contribution in [0, 0.1) is 10.1 Å². The summed E-state index contributed by atoms with van der Waals surface area (Å²) in [5.74, 6) is 0.793. The number of hydrogen-bond acceptors (Lipinski definition) is 5. The molecule has 6 nitrogen and oxygen atoms in total. The summed E-state index contributed by atoms with van der Waals surface area (Å²) in [4.78, 5) is 10.3. The number of rotatable bonds is 7. The lowest BCUT2D eigenvalue weighted by Gasteiger charge is -2.04. The first-order chi connectivity index (χ1) is 10.7. The summed E-state index contributed by atoms with van der Waals surface area (Å²) in [6.07, 6.45) is 2.59. The van der Waals surface area contributed by atoms with Gasteiger partial charge in [0.1, 0.15) is 5.75 Å². The molecule has 2 aromatic carbocycles. The van der Waals surface area contributed by atoms with Crippen LogP contribution in [0.15, 0.2) is 53.6 Å². The fourth-order valence-corrected chi connectivity index (χ4v) is 1.77. The van der Waals surface area contributed by atoms with Crippen molar-refractivity contribution in [3.63, 3.8) is 0 Å². The van der Waals surface area contributed by atoms with Crippen LogP contribution in [0.25, 0.3) is 0 Å². The summed E-state index contributed by atoms with van der Waals surface area (Å²) >= 11 is 0. The van der Waals surface area contributed by atoms with Crippen LogP contribution in [-0.4, -0.2) is 17.7 Å². The van der Waals surface area contributed by atoms with Gasteiger partial charge in [-0.1, -0.05) is 25.1 Å². The van der Waals surface area contributed by atoms with E-state index in [0.29, 0.717) is 12.3 Å². The summed E-state index contributed by atoms with van der Waals surface area (Å²) in [6.45, 7) is 2.72. The van der Waals surface area contributed by atoms with E-state index in [9.17, 15) is 10.1 Å². The van der Waals surface area contributed by atoms with Crippen molar-refractivity contribution in [3.8, 4) is 5.75 Å². The zero-order chi connectivity index (χ0) is 15.8. The van der Waals surface area contributed by atoms with E-state index in [1.54, 1.807) is 18.3 Å². The normalized spacial score (nSPS) is 10.6. The molecule has 0 heterocycles. The number of hydrazone groups is 1. The van der Waals surface area contributed by atoms with Gasteiger partial charge in [-0.3, -0.25) is 15.5 Å². The molecular formula is C16H17N3O3. The van der Waals surface area contributed by atoms with Gasteiger partial charge in [0, 0.05) is 12.1 Å². The Morgan fingerprint density at radius 3 is 2.86 bits per heavy atom. The molecule has 0 aromatic heterocycles. The van der Waals surface area contributed by atoms with E-state index < -0.39 is 4.92 Å². The van der Waals surface area contributed by atoms with Gasteiger partial charge in [-0.05, 0) is 30.2 Å². The smallest absolute Gasteiger partial charge is 0.271 e. The molecule has 0 aliphatic heterocycles. The molecule has 0 saturated carbocycles. The van der Waals surface area contributed by atoms with Gasteiger partial charge in [0.25, 0.3) is 5.69 Å². The maximum Gasteiger partial charge on any atom is 0.271 e. The summed E-state index contributed by atoms with van der Waals surface area (Å²) in [5, 5.41) is 14.8. The molecule has 0 atom stereocenters. The molecule has 1 N–H and O–H groups in total. The Kier molecular flexibility index (Phi) is 5.48. The minimum absolute atomic E-state index is 0.0233. The van der Waals surface area contributed by atoms with Crippen molar-refractivity contribution in [2.45, 2.75) is 13.3 Å². The second-order valence-electron chi connectivity index (χ2n) is 4.60. The molecule has 0 spiro atoms. The zero-order valence-corrected chi connectivity index (χ0v) is 12.2. The maximum atomic E-state index is 10.7. The number of non-ortho nitro benzene ring substituents is 1. The van der Waals surface area contributed by atoms with Gasteiger partial charge >= 0.3 is 0 Å². The average molecular weight is 299 g/mol. The Bertz CT molecular complexity index is 671. The van der Waals surface area contributed by atoms with Crippen molar-refractivity contribution in [2.24, 2.45) is 5.10 Å². The Hall–Kier alpha value is -2.89. The molecule has 0 amide bonds. The lowest BCUT2D eigenvalue weighted by molar-refractivity contribution is -0.384. The third kappa shape index (κ3) is 4.59. The Labute approximate surface area is 128 Å². The van der Waals surface area contributed by atoms with Crippen LogP contribution in [0.1, 0.15) is 18.9 Å². The van der Waals surface area contributed by atoms with Crippen molar-refractivity contribution in [1.29, 1.82) is 0 Å². The highest BCUT2D eigenvalue weighted by atomic mass is 16.6. The number of benzene rings is 2. The number of nitrogens with zero attached hydrogens (tertiary/aromatic N) is 2. The van der Waals surface area contributed by atoms with Crippen LogP contribution < -0.4 is 10.2 Å². The summed E-state index contributed by atoms with van der Waals surface area (Å²) in [6, 6.07) is 13.7. The quantitative estimate of drug-likeness (QED) is 0.479. The lowest BCUT2D eigenvalue weighted by Crippen LogP contribution is -1.96. The number of ether oxygens (including phenoxy) is 1. The second-order valence-corrected chi connectivity index (χ2v) is 4.60. The predicted molar refractivity (Wildman–Crippen MR) is 86.5 cm³/mol. The van der Waals surface area contributed by atoms with Crippen molar-refractivity contribution in [1.82, 2.24) is 0 Å². The second kappa shape index (κ2) is 7.78. The lowest BCUT2D eigenvalue weighted by atomic mass is 10.2. The number of hydrogen-bond donors (Lipinski definition) is 1. The Balaban J connectivity index is 2.00. The molecule has 0 unspecified atom stereocenters. The molecule has 0 saturated heterocycles. The van der Waals surface area contributed by atoms with E-state index in [0.717, 1.165) is 17.7 Å². The van der Waals surface area contributed by atoms with Crippen LogP contribution in [-0.2, 0) is 0 Å². The third-order valence-corrected chi connectivity index (χ3v) is 2.80. The molecule has 22 heavy (non-hydrogen) atoms. The van der Waals surface area contributed by atoms with Gasteiger partial charge in [-0.2, -0.15) is 5.10 Å². The Morgan fingerprint density at radius 1 is 1.27 bits per heavy atom. The van der Waals surface area contributed by atoms with Crippen molar-refractivity contribution < 1.29 is 9.66 Å². The monoisotopic (exact) mass is 299 g/mol. The summed E-state index contributed by atoms with van der Waals surface area (Å²) in [5.41, 5.74) is 4.24. The maximum absolute atomic E-state index is 10.7. The van der Waals surface area contributed by atoms with Crippen LogP contribution in [0.5, 0.6) is 5.75 Å². The number of anilines is 1. The Morgan fingerprint density at radius 2 is 2.09 bits per heavy atom. The molecule has 6 heteroatoms.